The van der Waals surface area contributed by atoms with E-state index in [1.54, 1.807) is 48.5 Å². The molecule has 0 aliphatic heterocycles. The van der Waals surface area contributed by atoms with Crippen LogP contribution in [0.3, 0.4) is 0 Å². The number of hydrogen-bond acceptors (Lipinski definition) is 5. The summed E-state index contributed by atoms with van der Waals surface area (Å²) in [4.78, 5) is 26.2. The SMILES string of the molecule is COc1ccc(Cl)cc1N(CC(=O)Nc1ccccc1C(=O)NCc1ccccc1)S(=O)(=O)c1ccccc1. The van der Waals surface area contributed by atoms with Gasteiger partial charge in [0.05, 0.1) is 28.9 Å². The van der Waals surface area contributed by atoms with Crippen LogP contribution in [0, 0.1) is 0 Å². The summed E-state index contributed by atoms with van der Waals surface area (Å²) in [7, 11) is -2.81. The zero-order valence-electron chi connectivity index (χ0n) is 21.0. The molecule has 0 bridgehead atoms. The molecule has 0 saturated carbocycles. The maximum Gasteiger partial charge on any atom is 0.264 e. The number of nitrogens with one attached hydrogen (secondary N) is 2. The van der Waals surface area contributed by atoms with Gasteiger partial charge < -0.3 is 15.4 Å². The molecule has 4 rings (SSSR count). The van der Waals surface area contributed by atoms with Crippen LogP contribution in [0.2, 0.25) is 5.02 Å². The number of halogens is 1. The summed E-state index contributed by atoms with van der Waals surface area (Å²) in [5.74, 6) is -0.840. The van der Waals surface area contributed by atoms with Crippen molar-refractivity contribution in [2.24, 2.45) is 0 Å². The minimum atomic E-state index is -4.20. The highest BCUT2D eigenvalue weighted by Gasteiger charge is 2.30. The average Bonchev–Trinajstić information content (AvgIpc) is 2.96. The molecule has 10 heteroatoms. The number of anilines is 2. The largest absolute Gasteiger partial charge is 0.495 e. The maximum atomic E-state index is 13.7. The highest BCUT2D eigenvalue weighted by molar-refractivity contribution is 7.92. The van der Waals surface area contributed by atoms with Gasteiger partial charge in [0.1, 0.15) is 12.3 Å². The van der Waals surface area contributed by atoms with Gasteiger partial charge >= 0.3 is 0 Å². The van der Waals surface area contributed by atoms with Crippen molar-refractivity contribution >= 4 is 44.8 Å². The lowest BCUT2D eigenvalue weighted by Gasteiger charge is -2.26. The van der Waals surface area contributed by atoms with E-state index in [2.05, 4.69) is 10.6 Å². The molecule has 2 N–H and O–H groups in total. The lowest BCUT2D eigenvalue weighted by Crippen LogP contribution is -2.38. The average molecular weight is 564 g/mol. The number of rotatable bonds is 10. The molecule has 8 nitrogen and oxygen atoms in total. The zero-order chi connectivity index (χ0) is 27.8. The fraction of sp³-hybridized carbons (Fsp3) is 0.103. The maximum absolute atomic E-state index is 13.7. The molecule has 0 radical (unpaired) electrons. The number of sulfonamides is 1. The van der Waals surface area contributed by atoms with E-state index in [0.717, 1.165) is 9.87 Å². The van der Waals surface area contributed by atoms with Crippen molar-refractivity contribution in [3.63, 3.8) is 0 Å². The topological polar surface area (TPSA) is 105 Å². The molecule has 39 heavy (non-hydrogen) atoms. The van der Waals surface area contributed by atoms with E-state index >= 15 is 0 Å². The Balaban J connectivity index is 1.61. The summed E-state index contributed by atoms with van der Waals surface area (Å²) in [6.45, 7) is -0.298. The van der Waals surface area contributed by atoms with Gasteiger partial charge in [0.25, 0.3) is 15.9 Å². The molecule has 0 heterocycles. The Labute approximate surface area is 232 Å². The van der Waals surface area contributed by atoms with Crippen molar-refractivity contribution in [3.05, 3.63) is 119 Å². The highest BCUT2D eigenvalue weighted by atomic mass is 35.5. The number of ether oxygens (including phenoxy) is 1. The molecule has 0 atom stereocenters. The summed E-state index contributed by atoms with van der Waals surface area (Å²) >= 11 is 6.19. The molecule has 0 aliphatic carbocycles. The summed E-state index contributed by atoms with van der Waals surface area (Å²) in [5, 5.41) is 5.78. The first-order valence-electron chi connectivity index (χ1n) is 11.9. The van der Waals surface area contributed by atoms with Gasteiger partial charge in [0.2, 0.25) is 5.91 Å². The second-order valence-corrected chi connectivity index (χ2v) is 10.7. The quantitative estimate of drug-likeness (QED) is 0.279. The van der Waals surface area contributed by atoms with Crippen molar-refractivity contribution in [1.29, 1.82) is 0 Å². The number of amides is 2. The Bertz CT molecular complexity index is 1560. The van der Waals surface area contributed by atoms with Gasteiger partial charge in [-0.3, -0.25) is 13.9 Å². The molecule has 4 aromatic carbocycles. The number of carbonyl (C=O) groups is 2. The molecule has 0 aromatic heterocycles. The summed E-state index contributed by atoms with van der Waals surface area (Å²) in [5.41, 5.74) is 1.49. The van der Waals surface area contributed by atoms with E-state index in [1.807, 2.05) is 30.3 Å². The van der Waals surface area contributed by atoms with Gasteiger partial charge in [0.15, 0.2) is 0 Å². The van der Waals surface area contributed by atoms with Crippen molar-refractivity contribution in [1.82, 2.24) is 5.32 Å². The molecule has 0 fully saturated rings. The number of hydrogen-bond donors (Lipinski definition) is 2. The van der Waals surface area contributed by atoms with Crippen molar-refractivity contribution in [2.75, 3.05) is 23.3 Å². The Morgan fingerprint density at radius 2 is 1.51 bits per heavy atom. The minimum Gasteiger partial charge on any atom is -0.495 e. The van der Waals surface area contributed by atoms with E-state index in [0.29, 0.717) is 6.54 Å². The van der Waals surface area contributed by atoms with Crippen LogP contribution in [0.25, 0.3) is 0 Å². The molecule has 0 aliphatic rings. The third kappa shape index (κ3) is 6.76. The summed E-state index contributed by atoms with van der Waals surface area (Å²) < 4.78 is 33.7. The first-order chi connectivity index (χ1) is 18.8. The number of carbonyl (C=O) groups excluding carboxylic acids is 2. The lowest BCUT2D eigenvalue weighted by atomic mass is 10.1. The Morgan fingerprint density at radius 1 is 0.872 bits per heavy atom. The monoisotopic (exact) mass is 563 g/mol. The Kier molecular flexibility index (Phi) is 8.85. The predicted molar refractivity (Wildman–Crippen MR) is 152 cm³/mol. The van der Waals surface area contributed by atoms with Gasteiger partial charge in [-0.1, -0.05) is 72.3 Å². The molecule has 0 unspecified atom stereocenters. The van der Waals surface area contributed by atoms with Gasteiger partial charge in [0, 0.05) is 11.6 Å². The fourth-order valence-electron chi connectivity index (χ4n) is 3.86. The van der Waals surface area contributed by atoms with Crippen LogP contribution in [-0.2, 0) is 21.4 Å². The van der Waals surface area contributed by atoms with Crippen LogP contribution < -0.4 is 19.7 Å². The van der Waals surface area contributed by atoms with Crippen LogP contribution in [0.1, 0.15) is 15.9 Å². The zero-order valence-corrected chi connectivity index (χ0v) is 22.6. The van der Waals surface area contributed by atoms with Crippen molar-refractivity contribution < 1.29 is 22.7 Å². The van der Waals surface area contributed by atoms with E-state index < -0.39 is 22.5 Å². The molecular formula is C29H26ClN3O5S. The molecule has 4 aromatic rings. The van der Waals surface area contributed by atoms with Gasteiger partial charge in [-0.05, 0) is 48.0 Å². The molecule has 0 saturated heterocycles. The Hall–Kier alpha value is -4.34. The van der Waals surface area contributed by atoms with Crippen LogP contribution >= 0.6 is 11.6 Å². The van der Waals surface area contributed by atoms with Gasteiger partial charge in [-0.25, -0.2) is 8.42 Å². The van der Waals surface area contributed by atoms with E-state index in [-0.39, 0.29) is 38.5 Å². The number of nitrogens with zero attached hydrogens (tertiary/aromatic N) is 1. The smallest absolute Gasteiger partial charge is 0.264 e. The van der Waals surface area contributed by atoms with E-state index in [9.17, 15) is 18.0 Å². The van der Waals surface area contributed by atoms with Crippen molar-refractivity contribution in [3.8, 4) is 5.75 Å². The van der Waals surface area contributed by atoms with Crippen LogP contribution in [-0.4, -0.2) is 33.9 Å². The molecule has 0 spiro atoms. The third-order valence-electron chi connectivity index (χ3n) is 5.77. The lowest BCUT2D eigenvalue weighted by molar-refractivity contribution is -0.114. The fourth-order valence-corrected chi connectivity index (χ4v) is 5.47. The van der Waals surface area contributed by atoms with E-state index in [1.165, 1.54) is 31.4 Å². The number of para-hydroxylation sites is 1. The molecule has 2 amide bonds. The molecular weight excluding hydrogens is 538 g/mol. The first kappa shape index (κ1) is 27.7. The summed E-state index contributed by atoms with van der Waals surface area (Å²) in [6.07, 6.45) is 0. The third-order valence-corrected chi connectivity index (χ3v) is 7.78. The van der Waals surface area contributed by atoms with Crippen molar-refractivity contribution in [2.45, 2.75) is 11.4 Å². The standard InChI is InChI=1S/C29H26ClN3O5S/c1-38-27-17-16-22(30)18-26(27)33(39(36,37)23-12-6-3-7-13-23)20-28(34)32-25-15-9-8-14-24(25)29(35)31-19-21-10-4-2-5-11-21/h2-18H,19-20H2,1H3,(H,31,35)(H,32,34). The van der Waals surface area contributed by atoms with Gasteiger partial charge in [-0.2, -0.15) is 0 Å². The second-order valence-electron chi connectivity index (χ2n) is 8.40. The summed E-state index contributed by atoms with van der Waals surface area (Å²) in [6, 6.07) is 28.1. The Morgan fingerprint density at radius 3 is 2.21 bits per heavy atom. The van der Waals surface area contributed by atoms with E-state index in [4.69, 9.17) is 16.3 Å². The van der Waals surface area contributed by atoms with Crippen LogP contribution in [0.4, 0.5) is 11.4 Å². The predicted octanol–water partition coefficient (Wildman–Crippen LogP) is 5.11. The highest BCUT2D eigenvalue weighted by Crippen LogP contribution is 2.35. The first-order valence-corrected chi connectivity index (χ1v) is 13.7. The van der Waals surface area contributed by atoms with Gasteiger partial charge in [-0.15, -0.1) is 0 Å². The molecule has 200 valence electrons. The van der Waals surface area contributed by atoms with Crippen LogP contribution in [0.5, 0.6) is 5.75 Å². The minimum absolute atomic E-state index is 0.0134. The number of methoxy groups -OCH3 is 1. The van der Waals surface area contributed by atoms with Crippen LogP contribution in [0.15, 0.2) is 108 Å². The normalized spacial score (nSPS) is 10.9. The second kappa shape index (κ2) is 12.5. The number of benzene rings is 4.